The zero-order valence-corrected chi connectivity index (χ0v) is 12.5. The van der Waals surface area contributed by atoms with Crippen LogP contribution < -0.4 is 10.1 Å². The molecule has 1 heterocycles. The number of benzene rings is 1. The van der Waals surface area contributed by atoms with Crippen LogP contribution in [-0.2, 0) is 0 Å². The standard InChI is InChI=1S/C16H21FN2O2/c1-11(2)21-12-4-5-14(13(17)10-12)18-15(20)19-9-8-16(19)6-3-7-16/h4-5,10-11H,3,6-9H2,1-2H3,(H,18,20). The predicted octanol–water partition coefficient (Wildman–Crippen LogP) is 3.77. The lowest BCUT2D eigenvalue weighted by Crippen LogP contribution is -2.66. The first-order chi connectivity index (χ1) is 10.00. The molecule has 5 heteroatoms. The number of hydrogen-bond donors (Lipinski definition) is 1. The van der Waals surface area contributed by atoms with Gasteiger partial charge in [-0.25, -0.2) is 9.18 Å². The molecule has 1 saturated heterocycles. The maximum Gasteiger partial charge on any atom is 0.322 e. The van der Waals surface area contributed by atoms with Crippen molar-refractivity contribution in [1.82, 2.24) is 4.90 Å². The number of nitrogens with zero attached hydrogens (tertiary/aromatic N) is 1. The van der Waals surface area contributed by atoms with Gasteiger partial charge in [0.15, 0.2) is 0 Å². The predicted molar refractivity (Wildman–Crippen MR) is 79.1 cm³/mol. The molecule has 1 aromatic carbocycles. The second-order valence-electron chi connectivity index (χ2n) is 6.22. The zero-order valence-electron chi connectivity index (χ0n) is 12.5. The highest BCUT2D eigenvalue weighted by Crippen LogP contribution is 2.47. The molecule has 3 rings (SSSR count). The molecule has 0 radical (unpaired) electrons. The van der Waals surface area contributed by atoms with E-state index in [-0.39, 0.29) is 23.4 Å². The van der Waals surface area contributed by atoms with E-state index >= 15 is 0 Å². The number of halogens is 1. The molecule has 2 amide bonds. The van der Waals surface area contributed by atoms with Crippen molar-refractivity contribution in [2.75, 3.05) is 11.9 Å². The van der Waals surface area contributed by atoms with Crippen molar-refractivity contribution in [3.63, 3.8) is 0 Å². The maximum atomic E-state index is 14.0. The summed E-state index contributed by atoms with van der Waals surface area (Å²) in [5.74, 6) is 0.00425. The van der Waals surface area contributed by atoms with Crippen molar-refractivity contribution >= 4 is 11.7 Å². The van der Waals surface area contributed by atoms with Gasteiger partial charge in [0.2, 0.25) is 0 Å². The molecule has 0 bridgehead atoms. The summed E-state index contributed by atoms with van der Waals surface area (Å²) < 4.78 is 19.5. The minimum atomic E-state index is -0.468. The van der Waals surface area contributed by atoms with E-state index in [9.17, 15) is 9.18 Å². The Morgan fingerprint density at radius 2 is 2.14 bits per heavy atom. The molecular formula is C16H21FN2O2. The van der Waals surface area contributed by atoms with E-state index < -0.39 is 5.82 Å². The Bertz CT molecular complexity index is 550. The molecule has 1 saturated carbocycles. The number of nitrogens with one attached hydrogen (secondary N) is 1. The number of hydrogen-bond acceptors (Lipinski definition) is 2. The van der Waals surface area contributed by atoms with Gasteiger partial charge in [-0.3, -0.25) is 0 Å². The van der Waals surface area contributed by atoms with Gasteiger partial charge in [0.25, 0.3) is 0 Å². The Hall–Kier alpha value is -1.78. The molecule has 4 nitrogen and oxygen atoms in total. The van der Waals surface area contributed by atoms with Crippen LogP contribution in [0.4, 0.5) is 14.9 Å². The van der Waals surface area contributed by atoms with Crippen LogP contribution in [0.5, 0.6) is 5.75 Å². The number of rotatable bonds is 3. The number of likely N-dealkylation sites (tertiary alicyclic amines) is 1. The lowest BCUT2D eigenvalue weighted by Gasteiger charge is -2.58. The fraction of sp³-hybridized carbons (Fsp3) is 0.562. The van der Waals surface area contributed by atoms with Gasteiger partial charge in [-0.15, -0.1) is 0 Å². The number of ether oxygens (including phenoxy) is 1. The van der Waals surface area contributed by atoms with Gasteiger partial charge in [0.1, 0.15) is 11.6 Å². The minimum absolute atomic E-state index is 0.00981. The smallest absolute Gasteiger partial charge is 0.322 e. The highest BCUT2D eigenvalue weighted by molar-refractivity contribution is 5.90. The fourth-order valence-corrected chi connectivity index (χ4v) is 3.09. The summed E-state index contributed by atoms with van der Waals surface area (Å²) in [5, 5.41) is 2.67. The van der Waals surface area contributed by atoms with Crippen molar-refractivity contribution in [3.05, 3.63) is 24.0 Å². The number of anilines is 1. The van der Waals surface area contributed by atoms with Gasteiger partial charge in [0.05, 0.1) is 11.8 Å². The molecule has 2 fully saturated rings. The van der Waals surface area contributed by atoms with Gasteiger partial charge in [-0.05, 0) is 51.7 Å². The molecule has 114 valence electrons. The highest BCUT2D eigenvalue weighted by Gasteiger charge is 2.51. The Kier molecular flexibility index (Phi) is 3.51. The summed E-state index contributed by atoms with van der Waals surface area (Å²) in [5.41, 5.74) is 0.277. The monoisotopic (exact) mass is 292 g/mol. The first-order valence-corrected chi connectivity index (χ1v) is 7.55. The van der Waals surface area contributed by atoms with Gasteiger partial charge >= 0.3 is 6.03 Å². The van der Waals surface area contributed by atoms with Gasteiger partial charge in [0, 0.05) is 18.2 Å². The summed E-state index contributed by atoms with van der Waals surface area (Å²) in [6.45, 7) is 4.53. The van der Waals surface area contributed by atoms with E-state index in [0.29, 0.717) is 5.75 Å². The molecule has 0 unspecified atom stereocenters. The van der Waals surface area contributed by atoms with Crippen molar-refractivity contribution in [2.45, 2.75) is 51.2 Å². The molecular weight excluding hydrogens is 271 g/mol. The van der Waals surface area contributed by atoms with E-state index in [0.717, 1.165) is 25.8 Å². The Labute approximate surface area is 124 Å². The van der Waals surface area contributed by atoms with E-state index in [1.807, 2.05) is 18.7 Å². The van der Waals surface area contributed by atoms with E-state index in [2.05, 4.69) is 5.32 Å². The highest BCUT2D eigenvalue weighted by atomic mass is 19.1. The van der Waals surface area contributed by atoms with Gasteiger partial charge in [-0.1, -0.05) is 0 Å². The minimum Gasteiger partial charge on any atom is -0.491 e. The Morgan fingerprint density at radius 3 is 2.62 bits per heavy atom. The average molecular weight is 292 g/mol. The Morgan fingerprint density at radius 1 is 1.38 bits per heavy atom. The SMILES string of the molecule is CC(C)Oc1ccc(NC(=O)N2CCC23CCC3)c(F)c1. The van der Waals surface area contributed by atoms with E-state index in [1.54, 1.807) is 12.1 Å². The number of urea groups is 1. The number of amides is 2. The normalized spacial score (nSPS) is 19.1. The molecule has 1 spiro atoms. The molecule has 1 aliphatic heterocycles. The van der Waals surface area contributed by atoms with Crippen molar-refractivity contribution in [1.29, 1.82) is 0 Å². The van der Waals surface area contributed by atoms with Gasteiger partial charge in [-0.2, -0.15) is 0 Å². The van der Waals surface area contributed by atoms with Crippen molar-refractivity contribution in [3.8, 4) is 5.75 Å². The van der Waals surface area contributed by atoms with E-state index in [1.165, 1.54) is 12.5 Å². The van der Waals surface area contributed by atoms with Crippen LogP contribution in [-0.4, -0.2) is 29.1 Å². The lowest BCUT2D eigenvalue weighted by molar-refractivity contribution is -0.0319. The quantitative estimate of drug-likeness (QED) is 0.921. The zero-order chi connectivity index (χ0) is 15.0. The fourth-order valence-electron chi connectivity index (χ4n) is 3.09. The molecule has 2 aliphatic rings. The second-order valence-corrected chi connectivity index (χ2v) is 6.22. The molecule has 1 aromatic rings. The summed E-state index contributed by atoms with van der Waals surface area (Å²) in [4.78, 5) is 14.1. The van der Waals surface area contributed by atoms with Crippen LogP contribution in [0.3, 0.4) is 0 Å². The van der Waals surface area contributed by atoms with Crippen LogP contribution in [0, 0.1) is 5.82 Å². The number of carbonyl (C=O) groups is 1. The molecule has 0 aromatic heterocycles. The molecule has 0 atom stereocenters. The second kappa shape index (κ2) is 5.20. The summed E-state index contributed by atoms with van der Waals surface area (Å²) in [6, 6.07) is 4.34. The van der Waals surface area contributed by atoms with Crippen LogP contribution in [0.1, 0.15) is 39.5 Å². The van der Waals surface area contributed by atoms with Crippen LogP contribution in [0.15, 0.2) is 18.2 Å². The summed E-state index contributed by atoms with van der Waals surface area (Å²) in [6.07, 6.45) is 4.39. The van der Waals surface area contributed by atoms with Crippen LogP contribution in [0.2, 0.25) is 0 Å². The topological polar surface area (TPSA) is 41.6 Å². The van der Waals surface area contributed by atoms with Crippen molar-refractivity contribution < 1.29 is 13.9 Å². The van der Waals surface area contributed by atoms with Crippen molar-refractivity contribution in [2.24, 2.45) is 0 Å². The van der Waals surface area contributed by atoms with Crippen LogP contribution >= 0.6 is 0 Å². The first kappa shape index (κ1) is 14.2. The largest absolute Gasteiger partial charge is 0.491 e. The van der Waals surface area contributed by atoms with Gasteiger partial charge < -0.3 is 15.0 Å². The lowest BCUT2D eigenvalue weighted by atomic mass is 9.68. The molecule has 1 aliphatic carbocycles. The molecule has 21 heavy (non-hydrogen) atoms. The van der Waals surface area contributed by atoms with Crippen LogP contribution in [0.25, 0.3) is 0 Å². The summed E-state index contributed by atoms with van der Waals surface area (Å²) in [7, 11) is 0. The maximum absolute atomic E-state index is 14.0. The Balaban J connectivity index is 1.66. The third-order valence-electron chi connectivity index (χ3n) is 4.46. The average Bonchev–Trinajstić information content (AvgIpc) is 2.28. The third-order valence-corrected chi connectivity index (χ3v) is 4.46. The first-order valence-electron chi connectivity index (χ1n) is 7.55. The number of carbonyl (C=O) groups excluding carboxylic acids is 1. The molecule has 1 N–H and O–H groups in total. The summed E-state index contributed by atoms with van der Waals surface area (Å²) >= 11 is 0. The third kappa shape index (κ3) is 2.57. The van der Waals surface area contributed by atoms with E-state index in [4.69, 9.17) is 4.74 Å².